The molecule has 0 fully saturated rings. The Balaban J connectivity index is 1.86. The first-order chi connectivity index (χ1) is 13.9. The Hall–Kier alpha value is -3.35. The number of hydrogen-bond donors (Lipinski definition) is 0. The topological polar surface area (TPSA) is 66.2 Å². The van der Waals surface area contributed by atoms with Crippen LogP contribution < -0.4 is 11.2 Å². The summed E-state index contributed by atoms with van der Waals surface area (Å²) in [5.41, 5.74) is 2.21. The van der Waals surface area contributed by atoms with Gasteiger partial charge in [0.15, 0.2) is 11.2 Å². The van der Waals surface area contributed by atoms with E-state index < -0.39 is 0 Å². The van der Waals surface area contributed by atoms with Crippen molar-refractivity contribution in [1.82, 2.24) is 23.1 Å². The number of imidazole rings is 2. The van der Waals surface area contributed by atoms with Crippen molar-refractivity contribution in [1.29, 1.82) is 0 Å². The highest BCUT2D eigenvalue weighted by Crippen LogP contribution is 2.17. The Bertz CT molecular complexity index is 1330. The highest BCUT2D eigenvalue weighted by molar-refractivity contribution is 5.75. The molecule has 0 spiro atoms. The summed E-state index contributed by atoms with van der Waals surface area (Å²) in [6.07, 6.45) is 5.66. The molecule has 0 aliphatic heterocycles. The number of aromatic nitrogens is 5. The molecule has 0 saturated heterocycles. The highest BCUT2D eigenvalue weighted by Gasteiger charge is 2.20. The molecule has 7 nitrogen and oxygen atoms in total. The van der Waals surface area contributed by atoms with E-state index in [0.29, 0.717) is 22.9 Å². The van der Waals surface area contributed by atoms with Crippen LogP contribution in [0.15, 0.2) is 52.2 Å². The normalized spacial score (nSPS) is 12.2. The van der Waals surface area contributed by atoms with E-state index in [0.717, 1.165) is 17.8 Å². The lowest BCUT2D eigenvalue weighted by Gasteiger charge is -2.08. The highest BCUT2D eigenvalue weighted by atomic mass is 16.2. The number of aryl methyl sites for hydroxylation is 2. The third-order valence-corrected chi connectivity index (χ3v) is 5.09. The molecule has 7 heteroatoms. The predicted octanol–water partition coefficient (Wildman–Crippen LogP) is 2.83. The van der Waals surface area contributed by atoms with Crippen molar-refractivity contribution < 1.29 is 0 Å². The van der Waals surface area contributed by atoms with Crippen molar-refractivity contribution in [3.63, 3.8) is 0 Å². The Morgan fingerprint density at radius 3 is 2.52 bits per heavy atom. The second-order valence-corrected chi connectivity index (χ2v) is 7.80. The van der Waals surface area contributed by atoms with Gasteiger partial charge < -0.3 is 4.57 Å². The van der Waals surface area contributed by atoms with Crippen LogP contribution in [0.3, 0.4) is 0 Å². The molecule has 29 heavy (non-hydrogen) atoms. The Morgan fingerprint density at radius 1 is 1.10 bits per heavy atom. The number of allylic oxidation sites excluding steroid dienone is 1. The lowest BCUT2D eigenvalue weighted by Crippen LogP contribution is -2.39. The van der Waals surface area contributed by atoms with E-state index >= 15 is 0 Å². The average Bonchev–Trinajstić information content (AvgIpc) is 3.20. The molecule has 0 unspecified atom stereocenters. The summed E-state index contributed by atoms with van der Waals surface area (Å²) in [7, 11) is 1.66. The second-order valence-electron chi connectivity index (χ2n) is 7.80. The first-order valence-electron chi connectivity index (χ1n) is 9.77. The summed E-state index contributed by atoms with van der Waals surface area (Å²) in [5, 5.41) is 0. The van der Waals surface area contributed by atoms with Gasteiger partial charge in [-0.1, -0.05) is 56.3 Å². The van der Waals surface area contributed by atoms with Crippen LogP contribution in [0.1, 0.15) is 25.1 Å². The van der Waals surface area contributed by atoms with Gasteiger partial charge >= 0.3 is 5.69 Å². The molecule has 0 bridgehead atoms. The van der Waals surface area contributed by atoms with Gasteiger partial charge in [-0.05, 0) is 18.4 Å². The summed E-state index contributed by atoms with van der Waals surface area (Å²) in [5.74, 6) is 1.13. The summed E-state index contributed by atoms with van der Waals surface area (Å²) in [6.45, 7) is 7.29. The molecule has 1 aromatic carbocycles. The largest absolute Gasteiger partial charge is 0.332 e. The Kier molecular flexibility index (Phi) is 4.74. The van der Waals surface area contributed by atoms with Crippen LogP contribution >= 0.6 is 0 Å². The molecule has 0 aliphatic rings. The summed E-state index contributed by atoms with van der Waals surface area (Å²) >= 11 is 0. The lowest BCUT2D eigenvalue weighted by atomic mass is 10.2. The second kappa shape index (κ2) is 7.24. The van der Waals surface area contributed by atoms with Crippen LogP contribution in [0.5, 0.6) is 0 Å². The zero-order chi connectivity index (χ0) is 20.7. The van der Waals surface area contributed by atoms with E-state index in [4.69, 9.17) is 0 Å². The van der Waals surface area contributed by atoms with E-state index in [-0.39, 0.29) is 17.8 Å². The third-order valence-electron chi connectivity index (χ3n) is 5.09. The molecule has 150 valence electrons. The maximum atomic E-state index is 13.2. The van der Waals surface area contributed by atoms with Crippen LogP contribution in [0.4, 0.5) is 0 Å². The first-order valence-corrected chi connectivity index (χ1v) is 9.77. The van der Waals surface area contributed by atoms with Gasteiger partial charge in [-0.15, -0.1) is 0 Å². The maximum absolute atomic E-state index is 13.2. The summed E-state index contributed by atoms with van der Waals surface area (Å²) in [4.78, 5) is 30.7. The van der Waals surface area contributed by atoms with Crippen LogP contribution in [-0.4, -0.2) is 23.1 Å². The zero-order valence-corrected chi connectivity index (χ0v) is 17.2. The molecule has 0 radical (unpaired) electrons. The van der Waals surface area contributed by atoms with Crippen molar-refractivity contribution in [2.45, 2.75) is 33.9 Å². The molecular weight excluding hydrogens is 366 g/mol. The fourth-order valence-corrected chi connectivity index (χ4v) is 3.67. The van der Waals surface area contributed by atoms with E-state index in [1.165, 1.54) is 9.13 Å². The van der Waals surface area contributed by atoms with Crippen LogP contribution in [0.25, 0.3) is 23.0 Å². The molecule has 3 aromatic heterocycles. The lowest BCUT2D eigenvalue weighted by molar-refractivity contribution is 0.524. The van der Waals surface area contributed by atoms with E-state index in [1.807, 2.05) is 60.0 Å². The van der Waals surface area contributed by atoms with Crippen LogP contribution in [0.2, 0.25) is 0 Å². The summed E-state index contributed by atoms with van der Waals surface area (Å²) < 4.78 is 6.61. The standard InChI is InChI=1S/C22H25N5O2/c1-15(2)13-26-16(3)14-27-18-19(23-21(26)27)24(4)22(29)25(20(18)28)12-8-11-17-9-6-5-7-10-17/h5-11,14-15H,12-13H2,1-4H3/b11-8+. The van der Waals surface area contributed by atoms with Crippen molar-refractivity contribution in [3.05, 3.63) is 74.7 Å². The molecule has 4 aromatic rings. The third kappa shape index (κ3) is 3.22. The predicted molar refractivity (Wildman–Crippen MR) is 115 cm³/mol. The fraction of sp³-hybridized carbons (Fsp3) is 0.318. The molecule has 0 amide bonds. The van der Waals surface area contributed by atoms with Gasteiger partial charge in [-0.2, -0.15) is 4.98 Å². The van der Waals surface area contributed by atoms with Gasteiger partial charge in [0.05, 0.1) is 0 Å². The Morgan fingerprint density at radius 2 is 1.83 bits per heavy atom. The molecule has 0 atom stereocenters. The molecule has 4 rings (SSSR count). The van der Waals surface area contributed by atoms with Crippen molar-refractivity contribution in [2.75, 3.05) is 0 Å². The van der Waals surface area contributed by atoms with Gasteiger partial charge in [0.25, 0.3) is 5.56 Å². The van der Waals surface area contributed by atoms with E-state index in [2.05, 4.69) is 23.4 Å². The van der Waals surface area contributed by atoms with E-state index in [1.54, 1.807) is 7.05 Å². The van der Waals surface area contributed by atoms with Crippen LogP contribution in [-0.2, 0) is 20.1 Å². The quantitative estimate of drug-likeness (QED) is 0.525. The van der Waals surface area contributed by atoms with Crippen molar-refractivity contribution in [3.8, 4) is 0 Å². The van der Waals surface area contributed by atoms with Gasteiger partial charge in [-0.25, -0.2) is 4.79 Å². The number of fused-ring (bicyclic) bond motifs is 3. The van der Waals surface area contributed by atoms with Gasteiger partial charge in [0, 0.05) is 32.0 Å². The minimum Gasteiger partial charge on any atom is -0.314 e. The zero-order valence-electron chi connectivity index (χ0n) is 17.2. The molecule has 0 saturated carbocycles. The monoisotopic (exact) mass is 391 g/mol. The summed E-state index contributed by atoms with van der Waals surface area (Å²) in [6, 6.07) is 9.79. The van der Waals surface area contributed by atoms with Gasteiger partial charge in [0.1, 0.15) is 0 Å². The molecule has 0 aliphatic carbocycles. The Labute approximate surface area is 168 Å². The first kappa shape index (κ1) is 19.0. The van der Waals surface area contributed by atoms with Crippen molar-refractivity contribution >= 4 is 23.0 Å². The van der Waals surface area contributed by atoms with E-state index in [9.17, 15) is 9.59 Å². The minimum atomic E-state index is -0.368. The van der Waals surface area contributed by atoms with Gasteiger partial charge in [0.2, 0.25) is 5.78 Å². The molecular formula is C22H25N5O2. The van der Waals surface area contributed by atoms with Gasteiger partial charge in [-0.3, -0.25) is 18.3 Å². The molecule has 3 heterocycles. The fourth-order valence-electron chi connectivity index (χ4n) is 3.67. The average molecular weight is 391 g/mol. The number of benzene rings is 1. The number of hydrogen-bond acceptors (Lipinski definition) is 3. The van der Waals surface area contributed by atoms with Crippen LogP contribution in [0, 0.1) is 12.8 Å². The smallest absolute Gasteiger partial charge is 0.314 e. The number of nitrogens with zero attached hydrogens (tertiary/aromatic N) is 5. The number of rotatable bonds is 5. The SMILES string of the molecule is Cc1cn2c3c(=O)n(C/C=C/c4ccccc4)c(=O)n(C)c3nc2n1CC(C)C. The molecule has 0 N–H and O–H groups in total. The van der Waals surface area contributed by atoms with Crippen molar-refractivity contribution in [2.24, 2.45) is 13.0 Å². The minimum absolute atomic E-state index is 0.204. The maximum Gasteiger partial charge on any atom is 0.332 e.